The van der Waals surface area contributed by atoms with E-state index in [2.05, 4.69) is 9.71 Å². The van der Waals surface area contributed by atoms with Crippen LogP contribution >= 0.6 is 0 Å². The lowest BCUT2D eigenvalue weighted by molar-refractivity contribution is 0.600. The van der Waals surface area contributed by atoms with Crippen LogP contribution in [-0.4, -0.2) is 18.0 Å². The number of nitrogens with two attached hydrogens (primary N) is 1. The molecule has 2 rings (SSSR count). The number of nitrogens with zero attached hydrogens (tertiary/aromatic N) is 2. The Morgan fingerprint density at radius 3 is 2.48 bits per heavy atom. The highest BCUT2D eigenvalue weighted by Crippen LogP contribution is 2.17. The van der Waals surface area contributed by atoms with Gasteiger partial charge in [0.25, 0.3) is 10.0 Å². The molecule has 1 aromatic heterocycles. The highest BCUT2D eigenvalue weighted by molar-refractivity contribution is 7.92. The summed E-state index contributed by atoms with van der Waals surface area (Å²) in [4.78, 5) is 15.5. The number of anilines is 2. The van der Waals surface area contributed by atoms with Crippen molar-refractivity contribution in [1.29, 1.82) is 0 Å². The van der Waals surface area contributed by atoms with Crippen molar-refractivity contribution in [2.24, 2.45) is 0 Å². The smallest absolute Gasteiger partial charge is 0.349 e. The topological polar surface area (TPSA) is 107 Å². The number of aryl methyl sites for hydroxylation is 2. The van der Waals surface area contributed by atoms with Crippen LogP contribution in [0.2, 0.25) is 0 Å². The second-order valence-corrected chi connectivity index (χ2v) is 6.20. The Morgan fingerprint density at radius 1 is 1.29 bits per heavy atom. The van der Waals surface area contributed by atoms with Gasteiger partial charge in [-0.15, -0.1) is 0 Å². The minimum absolute atomic E-state index is 0.0292. The van der Waals surface area contributed by atoms with Crippen molar-refractivity contribution in [1.82, 2.24) is 9.55 Å². The summed E-state index contributed by atoms with van der Waals surface area (Å²) < 4.78 is 28.2. The Morgan fingerprint density at radius 2 is 1.90 bits per heavy atom. The van der Waals surface area contributed by atoms with Crippen LogP contribution in [0.4, 0.5) is 11.5 Å². The highest BCUT2D eigenvalue weighted by Gasteiger charge is 2.16. The molecule has 112 valence electrons. The van der Waals surface area contributed by atoms with Crippen LogP contribution in [0.25, 0.3) is 0 Å². The Bertz CT molecular complexity index is 810. The van der Waals surface area contributed by atoms with Gasteiger partial charge in [-0.3, -0.25) is 9.29 Å². The lowest BCUT2D eigenvalue weighted by Gasteiger charge is -2.11. The molecule has 0 aliphatic heterocycles. The standard InChI is InChI=1S/C13H16N4O3S/c1-3-17-8-9(2)12(15-13(17)18)16-21(19,20)11-6-4-10(14)5-7-11/h4-8H,3,14H2,1-2H3,(H,15,16,18). The molecule has 0 unspecified atom stereocenters. The molecule has 0 spiro atoms. The average Bonchev–Trinajstić information content (AvgIpc) is 2.42. The molecule has 0 aliphatic rings. The van der Waals surface area contributed by atoms with Crippen molar-refractivity contribution in [3.63, 3.8) is 0 Å². The molecular formula is C13H16N4O3S. The predicted molar refractivity (Wildman–Crippen MR) is 80.6 cm³/mol. The number of sulfonamides is 1. The van der Waals surface area contributed by atoms with Crippen LogP contribution < -0.4 is 16.1 Å². The molecule has 0 saturated carbocycles. The number of nitrogens with one attached hydrogen (secondary N) is 1. The van der Waals surface area contributed by atoms with Crippen LogP contribution in [0.15, 0.2) is 40.2 Å². The van der Waals surface area contributed by atoms with Crippen molar-refractivity contribution in [2.45, 2.75) is 25.3 Å². The molecule has 0 atom stereocenters. The van der Waals surface area contributed by atoms with Crippen LogP contribution in [0, 0.1) is 6.92 Å². The molecule has 2 aromatic rings. The lowest BCUT2D eigenvalue weighted by Crippen LogP contribution is -2.25. The fourth-order valence-electron chi connectivity index (χ4n) is 1.76. The number of aromatic nitrogens is 2. The minimum Gasteiger partial charge on any atom is -0.399 e. The summed E-state index contributed by atoms with van der Waals surface area (Å²) in [5.41, 5.74) is 6.06. The maximum Gasteiger partial charge on any atom is 0.349 e. The van der Waals surface area contributed by atoms with Crippen LogP contribution in [0.5, 0.6) is 0 Å². The van der Waals surface area contributed by atoms with E-state index in [-0.39, 0.29) is 10.7 Å². The van der Waals surface area contributed by atoms with Gasteiger partial charge < -0.3 is 5.73 Å². The minimum atomic E-state index is -3.81. The molecule has 8 heteroatoms. The lowest BCUT2D eigenvalue weighted by atomic mass is 10.3. The summed E-state index contributed by atoms with van der Waals surface area (Å²) in [7, 11) is -3.81. The van der Waals surface area contributed by atoms with E-state index in [0.29, 0.717) is 17.8 Å². The maximum atomic E-state index is 12.2. The van der Waals surface area contributed by atoms with E-state index in [1.165, 1.54) is 28.8 Å². The van der Waals surface area contributed by atoms with Crippen molar-refractivity contribution in [3.05, 3.63) is 46.5 Å². The van der Waals surface area contributed by atoms with Gasteiger partial charge in [-0.1, -0.05) is 0 Å². The molecule has 7 nitrogen and oxygen atoms in total. The number of benzene rings is 1. The first-order valence-corrected chi connectivity index (χ1v) is 7.78. The van der Waals surface area contributed by atoms with Gasteiger partial charge in [-0.25, -0.2) is 13.2 Å². The average molecular weight is 308 g/mol. The molecule has 0 fully saturated rings. The summed E-state index contributed by atoms with van der Waals surface area (Å²) >= 11 is 0. The summed E-state index contributed by atoms with van der Waals surface area (Å²) in [5.74, 6) is 0.0292. The van der Waals surface area contributed by atoms with E-state index in [1.54, 1.807) is 20.0 Å². The molecule has 3 N–H and O–H groups in total. The fourth-order valence-corrected chi connectivity index (χ4v) is 2.83. The SMILES string of the molecule is CCn1cc(C)c(NS(=O)(=O)c2ccc(N)cc2)nc1=O. The van der Waals surface area contributed by atoms with E-state index in [0.717, 1.165) is 0 Å². The second-order valence-electron chi connectivity index (χ2n) is 4.52. The third-order valence-electron chi connectivity index (χ3n) is 2.94. The van der Waals surface area contributed by atoms with Gasteiger partial charge in [0.2, 0.25) is 0 Å². The van der Waals surface area contributed by atoms with Gasteiger partial charge in [-0.05, 0) is 38.1 Å². The summed E-state index contributed by atoms with van der Waals surface area (Å²) in [6.45, 7) is 3.96. The Labute approximate surface area is 122 Å². The van der Waals surface area contributed by atoms with Gasteiger partial charge in [0.1, 0.15) is 5.82 Å². The highest BCUT2D eigenvalue weighted by atomic mass is 32.2. The van der Waals surface area contributed by atoms with Crippen LogP contribution in [-0.2, 0) is 16.6 Å². The molecule has 0 aliphatic carbocycles. The monoisotopic (exact) mass is 308 g/mol. The third kappa shape index (κ3) is 3.22. The van der Waals surface area contributed by atoms with Crippen molar-refractivity contribution < 1.29 is 8.42 Å². The zero-order chi connectivity index (χ0) is 15.6. The number of hydrogen-bond acceptors (Lipinski definition) is 5. The summed E-state index contributed by atoms with van der Waals surface area (Å²) in [6.07, 6.45) is 1.57. The Kier molecular flexibility index (Phi) is 3.99. The molecule has 0 radical (unpaired) electrons. The van der Waals surface area contributed by atoms with E-state index in [4.69, 9.17) is 5.73 Å². The molecular weight excluding hydrogens is 292 g/mol. The summed E-state index contributed by atoms with van der Waals surface area (Å²) in [6, 6.07) is 5.76. The van der Waals surface area contributed by atoms with Gasteiger partial charge in [0, 0.05) is 24.0 Å². The predicted octanol–water partition coefficient (Wildman–Crippen LogP) is 0.955. The van der Waals surface area contributed by atoms with E-state index in [1.807, 2.05) is 0 Å². The second kappa shape index (κ2) is 5.57. The number of hydrogen-bond donors (Lipinski definition) is 2. The largest absolute Gasteiger partial charge is 0.399 e. The quantitative estimate of drug-likeness (QED) is 0.818. The first kappa shape index (κ1) is 15.0. The van der Waals surface area contributed by atoms with E-state index in [9.17, 15) is 13.2 Å². The van der Waals surface area contributed by atoms with Crippen molar-refractivity contribution >= 4 is 21.5 Å². The van der Waals surface area contributed by atoms with Gasteiger partial charge in [-0.2, -0.15) is 4.98 Å². The molecule has 1 heterocycles. The van der Waals surface area contributed by atoms with Crippen molar-refractivity contribution in [3.8, 4) is 0 Å². The maximum absolute atomic E-state index is 12.2. The first-order chi connectivity index (χ1) is 9.83. The first-order valence-electron chi connectivity index (χ1n) is 6.30. The molecule has 0 bridgehead atoms. The van der Waals surface area contributed by atoms with Gasteiger partial charge in [0.05, 0.1) is 4.90 Å². The van der Waals surface area contributed by atoms with Crippen LogP contribution in [0.1, 0.15) is 12.5 Å². The normalized spacial score (nSPS) is 11.3. The van der Waals surface area contributed by atoms with Crippen LogP contribution in [0.3, 0.4) is 0 Å². The van der Waals surface area contributed by atoms with Crippen molar-refractivity contribution in [2.75, 3.05) is 10.5 Å². The van der Waals surface area contributed by atoms with Gasteiger partial charge in [0.15, 0.2) is 0 Å². The molecule has 0 saturated heterocycles. The summed E-state index contributed by atoms with van der Waals surface area (Å²) in [5, 5.41) is 0. The molecule has 1 aromatic carbocycles. The van der Waals surface area contributed by atoms with E-state index >= 15 is 0 Å². The van der Waals surface area contributed by atoms with E-state index < -0.39 is 15.7 Å². The fraction of sp³-hybridized carbons (Fsp3) is 0.231. The Balaban J connectivity index is 2.39. The zero-order valence-corrected chi connectivity index (χ0v) is 12.5. The Hall–Kier alpha value is -2.35. The molecule has 21 heavy (non-hydrogen) atoms. The molecule has 0 amide bonds. The number of nitrogen functional groups attached to an aromatic ring is 1. The number of rotatable bonds is 4. The zero-order valence-electron chi connectivity index (χ0n) is 11.7. The van der Waals surface area contributed by atoms with Gasteiger partial charge >= 0.3 is 5.69 Å². The third-order valence-corrected chi connectivity index (χ3v) is 4.29.